The van der Waals surface area contributed by atoms with Gasteiger partial charge in [0.25, 0.3) is 0 Å². The van der Waals surface area contributed by atoms with E-state index in [9.17, 15) is 4.39 Å². The molecular weight excluding hydrogens is 223 g/mol. The molecule has 0 radical (unpaired) electrons. The van der Waals surface area contributed by atoms with Crippen LogP contribution in [0.1, 0.15) is 15.4 Å². The van der Waals surface area contributed by atoms with Gasteiger partial charge in [0.2, 0.25) is 0 Å². The fourth-order valence-corrected chi connectivity index (χ4v) is 2.19. The first-order valence-electron chi connectivity index (χ1n) is 5.07. The number of hydrogen-bond donors (Lipinski definition) is 1. The van der Waals surface area contributed by atoms with Gasteiger partial charge in [0, 0.05) is 11.1 Å². The van der Waals surface area contributed by atoms with E-state index < -0.39 is 0 Å². The minimum Gasteiger partial charge on any atom is -0.378 e. The molecule has 0 bridgehead atoms. The molecular formula is C12H13FN2S. The van der Waals surface area contributed by atoms with Crippen molar-refractivity contribution in [2.75, 3.05) is 5.32 Å². The topological polar surface area (TPSA) is 24.9 Å². The molecule has 1 N–H and O–H groups in total. The average Bonchev–Trinajstić information content (AvgIpc) is 2.67. The third-order valence-electron chi connectivity index (χ3n) is 2.31. The second-order valence-corrected chi connectivity index (χ2v) is 4.95. The lowest BCUT2D eigenvalue weighted by molar-refractivity contribution is 0.621. The van der Waals surface area contributed by atoms with Crippen LogP contribution in [-0.2, 0) is 6.54 Å². The number of anilines is 1. The quantitative estimate of drug-likeness (QED) is 0.882. The third-order valence-corrected chi connectivity index (χ3v) is 3.23. The molecule has 0 spiro atoms. The normalized spacial score (nSPS) is 10.4. The number of thiazole rings is 1. The van der Waals surface area contributed by atoms with Crippen molar-refractivity contribution in [3.63, 3.8) is 0 Å². The van der Waals surface area contributed by atoms with Gasteiger partial charge in [-0.05, 0) is 25.5 Å². The van der Waals surface area contributed by atoms with E-state index in [0.29, 0.717) is 17.8 Å². The number of aromatic nitrogens is 1. The van der Waals surface area contributed by atoms with Crippen molar-refractivity contribution in [1.29, 1.82) is 0 Å². The van der Waals surface area contributed by atoms with Crippen molar-refractivity contribution in [1.82, 2.24) is 4.98 Å². The highest BCUT2D eigenvalue weighted by Gasteiger charge is 2.04. The molecule has 1 heterocycles. The Kier molecular flexibility index (Phi) is 3.19. The van der Waals surface area contributed by atoms with Gasteiger partial charge in [0.05, 0.1) is 17.2 Å². The zero-order valence-electron chi connectivity index (χ0n) is 9.25. The van der Waals surface area contributed by atoms with Crippen LogP contribution in [0.3, 0.4) is 0 Å². The summed E-state index contributed by atoms with van der Waals surface area (Å²) in [6.07, 6.45) is 1.82. The summed E-state index contributed by atoms with van der Waals surface area (Å²) in [7, 11) is 0. The lowest BCUT2D eigenvalue weighted by Gasteiger charge is -2.07. The van der Waals surface area contributed by atoms with Crippen molar-refractivity contribution in [2.24, 2.45) is 0 Å². The monoisotopic (exact) mass is 236 g/mol. The van der Waals surface area contributed by atoms with E-state index in [-0.39, 0.29) is 5.82 Å². The Bertz CT molecular complexity index is 494. The number of hydrogen-bond acceptors (Lipinski definition) is 3. The second kappa shape index (κ2) is 4.61. The van der Waals surface area contributed by atoms with Crippen molar-refractivity contribution in [3.8, 4) is 0 Å². The van der Waals surface area contributed by atoms with Gasteiger partial charge in [0.1, 0.15) is 5.82 Å². The molecule has 0 saturated heterocycles. The molecule has 1 aromatic carbocycles. The lowest BCUT2D eigenvalue weighted by atomic mass is 10.2. The molecule has 1 aromatic heterocycles. The van der Waals surface area contributed by atoms with Crippen LogP contribution >= 0.6 is 11.3 Å². The van der Waals surface area contributed by atoms with Gasteiger partial charge in [-0.2, -0.15) is 0 Å². The SMILES string of the molecule is Cc1ncc(CNc2cccc(C)c2F)s1. The number of aryl methyl sites for hydroxylation is 2. The summed E-state index contributed by atoms with van der Waals surface area (Å²) >= 11 is 1.62. The van der Waals surface area contributed by atoms with Gasteiger partial charge in [-0.25, -0.2) is 9.37 Å². The van der Waals surface area contributed by atoms with Crippen molar-refractivity contribution >= 4 is 17.0 Å². The number of nitrogens with zero attached hydrogens (tertiary/aromatic N) is 1. The summed E-state index contributed by atoms with van der Waals surface area (Å²) in [5, 5.41) is 4.11. The van der Waals surface area contributed by atoms with E-state index in [1.807, 2.05) is 19.2 Å². The largest absolute Gasteiger partial charge is 0.378 e. The zero-order valence-corrected chi connectivity index (χ0v) is 10.1. The van der Waals surface area contributed by atoms with E-state index >= 15 is 0 Å². The summed E-state index contributed by atoms with van der Waals surface area (Å²) in [4.78, 5) is 5.26. The Morgan fingerprint density at radius 1 is 1.38 bits per heavy atom. The molecule has 0 amide bonds. The van der Waals surface area contributed by atoms with Crippen LogP contribution in [0.2, 0.25) is 0 Å². The molecule has 0 aliphatic heterocycles. The number of halogens is 1. The van der Waals surface area contributed by atoms with Crippen LogP contribution in [0.25, 0.3) is 0 Å². The molecule has 2 rings (SSSR count). The van der Waals surface area contributed by atoms with Gasteiger partial charge in [-0.1, -0.05) is 12.1 Å². The van der Waals surface area contributed by atoms with E-state index in [2.05, 4.69) is 10.3 Å². The molecule has 16 heavy (non-hydrogen) atoms. The van der Waals surface area contributed by atoms with Gasteiger partial charge < -0.3 is 5.32 Å². The zero-order chi connectivity index (χ0) is 11.5. The minimum atomic E-state index is -0.177. The van der Waals surface area contributed by atoms with E-state index in [1.54, 1.807) is 30.4 Å². The molecule has 0 aliphatic rings. The van der Waals surface area contributed by atoms with Gasteiger partial charge in [-0.15, -0.1) is 11.3 Å². The maximum absolute atomic E-state index is 13.6. The van der Waals surface area contributed by atoms with Gasteiger partial charge in [0.15, 0.2) is 0 Å². The average molecular weight is 236 g/mol. The van der Waals surface area contributed by atoms with Crippen molar-refractivity contribution in [3.05, 3.63) is 45.7 Å². The summed E-state index contributed by atoms with van der Waals surface area (Å²) < 4.78 is 13.6. The molecule has 0 atom stereocenters. The fraction of sp³-hybridized carbons (Fsp3) is 0.250. The summed E-state index contributed by atoms with van der Waals surface area (Å²) in [5.41, 5.74) is 1.21. The van der Waals surface area contributed by atoms with E-state index in [4.69, 9.17) is 0 Å². The molecule has 84 valence electrons. The third kappa shape index (κ3) is 2.39. The lowest BCUT2D eigenvalue weighted by Crippen LogP contribution is -2.00. The molecule has 0 fully saturated rings. The van der Waals surface area contributed by atoms with Crippen LogP contribution < -0.4 is 5.32 Å². The fourth-order valence-electron chi connectivity index (χ4n) is 1.45. The molecule has 2 aromatic rings. The summed E-state index contributed by atoms with van der Waals surface area (Å²) in [6.45, 7) is 4.34. The number of rotatable bonds is 3. The second-order valence-electron chi connectivity index (χ2n) is 3.64. The first-order valence-corrected chi connectivity index (χ1v) is 5.89. The Labute approximate surface area is 98.2 Å². The molecule has 0 unspecified atom stereocenters. The molecule has 0 saturated carbocycles. The Morgan fingerprint density at radius 2 is 2.19 bits per heavy atom. The summed E-state index contributed by atoms with van der Waals surface area (Å²) in [6, 6.07) is 5.35. The Hall–Kier alpha value is -1.42. The summed E-state index contributed by atoms with van der Waals surface area (Å²) in [5.74, 6) is -0.177. The number of nitrogens with one attached hydrogen (secondary N) is 1. The highest BCUT2D eigenvalue weighted by atomic mass is 32.1. The van der Waals surface area contributed by atoms with Crippen LogP contribution in [0, 0.1) is 19.7 Å². The van der Waals surface area contributed by atoms with Crippen LogP contribution in [-0.4, -0.2) is 4.98 Å². The van der Waals surface area contributed by atoms with E-state index in [1.165, 1.54) is 0 Å². The highest BCUT2D eigenvalue weighted by Crippen LogP contribution is 2.19. The van der Waals surface area contributed by atoms with Crippen molar-refractivity contribution in [2.45, 2.75) is 20.4 Å². The standard InChI is InChI=1S/C12H13FN2S/c1-8-4-3-5-11(12(8)13)15-7-10-6-14-9(2)16-10/h3-6,15H,7H2,1-2H3. The maximum Gasteiger partial charge on any atom is 0.149 e. The van der Waals surface area contributed by atoms with E-state index in [0.717, 1.165) is 9.88 Å². The Morgan fingerprint density at radius 3 is 2.88 bits per heavy atom. The molecule has 0 aliphatic carbocycles. The van der Waals surface area contributed by atoms with Crippen LogP contribution in [0.5, 0.6) is 0 Å². The molecule has 4 heteroatoms. The van der Waals surface area contributed by atoms with Crippen molar-refractivity contribution < 1.29 is 4.39 Å². The van der Waals surface area contributed by atoms with Gasteiger partial charge in [-0.3, -0.25) is 0 Å². The first kappa shape index (κ1) is 11.1. The van der Waals surface area contributed by atoms with Crippen LogP contribution in [0.15, 0.2) is 24.4 Å². The van der Waals surface area contributed by atoms with Crippen LogP contribution in [0.4, 0.5) is 10.1 Å². The number of benzene rings is 1. The minimum absolute atomic E-state index is 0.177. The smallest absolute Gasteiger partial charge is 0.149 e. The maximum atomic E-state index is 13.6. The predicted molar refractivity (Wildman–Crippen MR) is 65.3 cm³/mol. The molecule has 2 nitrogen and oxygen atoms in total. The Balaban J connectivity index is 2.07. The predicted octanol–water partition coefficient (Wildman–Crippen LogP) is 3.51. The highest BCUT2D eigenvalue weighted by molar-refractivity contribution is 7.11. The van der Waals surface area contributed by atoms with Gasteiger partial charge >= 0.3 is 0 Å². The first-order chi connectivity index (χ1) is 7.66.